The third-order valence-corrected chi connectivity index (χ3v) is 2.72. The highest BCUT2D eigenvalue weighted by atomic mass is 19.1. The summed E-state index contributed by atoms with van der Waals surface area (Å²) < 4.78 is 27.2. The van der Waals surface area contributed by atoms with Gasteiger partial charge in [-0.05, 0) is 24.6 Å². The van der Waals surface area contributed by atoms with E-state index in [1.54, 1.807) is 0 Å². The molecule has 1 atom stereocenters. The topological polar surface area (TPSA) is 38.0 Å². The van der Waals surface area contributed by atoms with E-state index in [4.69, 9.17) is 5.73 Å². The normalized spacial score (nSPS) is 12.2. The molecule has 94 valence electrons. The Balaban J connectivity index is 2.25. The molecule has 2 aromatic carbocycles. The predicted octanol–water partition coefficient (Wildman–Crippen LogP) is 3.72. The summed E-state index contributed by atoms with van der Waals surface area (Å²) in [6.07, 6.45) is 0. The highest BCUT2D eigenvalue weighted by molar-refractivity contribution is 5.55. The van der Waals surface area contributed by atoms with E-state index in [1.165, 1.54) is 0 Å². The molecular formula is C14H14F2N2. The summed E-state index contributed by atoms with van der Waals surface area (Å²) in [6, 6.07) is 11.4. The summed E-state index contributed by atoms with van der Waals surface area (Å²) in [7, 11) is 0. The molecule has 0 radical (unpaired) electrons. The van der Waals surface area contributed by atoms with Crippen LogP contribution in [0.1, 0.15) is 18.5 Å². The lowest BCUT2D eigenvalue weighted by Crippen LogP contribution is -2.10. The number of benzene rings is 2. The van der Waals surface area contributed by atoms with Crippen LogP contribution in [0.2, 0.25) is 0 Å². The van der Waals surface area contributed by atoms with Gasteiger partial charge in [-0.15, -0.1) is 0 Å². The molecule has 0 spiro atoms. The Hall–Kier alpha value is -2.10. The van der Waals surface area contributed by atoms with Crippen LogP contribution in [0.4, 0.5) is 20.2 Å². The number of nitrogens with two attached hydrogens (primary N) is 1. The van der Waals surface area contributed by atoms with Crippen LogP contribution in [-0.4, -0.2) is 0 Å². The number of hydrogen-bond donors (Lipinski definition) is 2. The van der Waals surface area contributed by atoms with Crippen LogP contribution in [-0.2, 0) is 0 Å². The summed E-state index contributed by atoms with van der Waals surface area (Å²) in [5.41, 5.74) is 6.23. The fraction of sp³-hybridized carbons (Fsp3) is 0.143. The van der Waals surface area contributed by atoms with Crippen molar-refractivity contribution in [2.45, 2.75) is 13.0 Å². The van der Waals surface area contributed by atoms with Gasteiger partial charge in [-0.25, -0.2) is 8.78 Å². The van der Waals surface area contributed by atoms with Gasteiger partial charge < -0.3 is 11.1 Å². The van der Waals surface area contributed by atoms with Crippen LogP contribution in [0.15, 0.2) is 42.5 Å². The summed E-state index contributed by atoms with van der Waals surface area (Å²) in [4.78, 5) is 0. The molecule has 0 saturated heterocycles. The first-order valence-corrected chi connectivity index (χ1v) is 5.64. The first-order valence-electron chi connectivity index (χ1n) is 5.64. The Morgan fingerprint density at radius 1 is 1.06 bits per heavy atom. The second kappa shape index (κ2) is 5.04. The lowest BCUT2D eigenvalue weighted by atomic mass is 10.1. The van der Waals surface area contributed by atoms with Crippen LogP contribution >= 0.6 is 0 Å². The first-order chi connectivity index (χ1) is 8.58. The molecule has 0 aliphatic rings. The smallest absolute Gasteiger partial charge is 0.151 e. The van der Waals surface area contributed by atoms with Crippen molar-refractivity contribution in [3.8, 4) is 0 Å². The molecule has 18 heavy (non-hydrogen) atoms. The third kappa shape index (κ3) is 2.59. The number of hydrogen-bond acceptors (Lipinski definition) is 2. The van der Waals surface area contributed by atoms with Gasteiger partial charge in [-0.1, -0.05) is 30.3 Å². The van der Waals surface area contributed by atoms with Gasteiger partial charge in [0.25, 0.3) is 0 Å². The summed E-state index contributed by atoms with van der Waals surface area (Å²) in [5, 5.41) is 2.82. The minimum Gasteiger partial charge on any atom is -0.399 e. The zero-order valence-electron chi connectivity index (χ0n) is 9.95. The maximum atomic E-state index is 13.6. The molecule has 0 fully saturated rings. The minimum absolute atomic E-state index is 0.0721. The number of rotatable bonds is 3. The first kappa shape index (κ1) is 12.4. The fourth-order valence-corrected chi connectivity index (χ4v) is 1.77. The number of halogens is 2. The minimum atomic E-state index is -0.685. The maximum absolute atomic E-state index is 13.6. The molecule has 0 amide bonds. The van der Waals surface area contributed by atoms with E-state index >= 15 is 0 Å². The zero-order chi connectivity index (χ0) is 13.1. The van der Waals surface area contributed by atoms with Gasteiger partial charge >= 0.3 is 0 Å². The van der Waals surface area contributed by atoms with Gasteiger partial charge in [0.1, 0.15) is 5.69 Å². The zero-order valence-corrected chi connectivity index (χ0v) is 9.95. The number of nitrogen functional groups attached to an aromatic ring is 1. The lowest BCUT2D eigenvalue weighted by Gasteiger charge is -2.17. The molecule has 1 unspecified atom stereocenters. The Bertz CT molecular complexity index is 518. The summed E-state index contributed by atoms with van der Waals surface area (Å²) in [5.74, 6) is -1.37. The highest BCUT2D eigenvalue weighted by Gasteiger charge is 2.13. The summed E-state index contributed by atoms with van der Waals surface area (Å²) >= 11 is 0. The second-order valence-electron chi connectivity index (χ2n) is 4.14. The number of anilines is 2. The molecule has 2 aromatic rings. The van der Waals surface area contributed by atoms with Crippen LogP contribution < -0.4 is 11.1 Å². The van der Waals surface area contributed by atoms with Crippen molar-refractivity contribution in [2.24, 2.45) is 0 Å². The van der Waals surface area contributed by atoms with Gasteiger partial charge in [-0.2, -0.15) is 0 Å². The molecular weight excluding hydrogens is 234 g/mol. The quantitative estimate of drug-likeness (QED) is 0.812. The van der Waals surface area contributed by atoms with Crippen LogP contribution in [0.5, 0.6) is 0 Å². The second-order valence-corrected chi connectivity index (χ2v) is 4.14. The van der Waals surface area contributed by atoms with Crippen molar-refractivity contribution in [1.29, 1.82) is 0 Å². The molecule has 0 aromatic heterocycles. The van der Waals surface area contributed by atoms with Crippen molar-refractivity contribution in [1.82, 2.24) is 0 Å². The van der Waals surface area contributed by atoms with E-state index in [1.807, 2.05) is 37.3 Å². The van der Waals surface area contributed by atoms with Gasteiger partial charge in [0.05, 0.1) is 0 Å². The average molecular weight is 248 g/mol. The highest BCUT2D eigenvalue weighted by Crippen LogP contribution is 2.26. The Kier molecular flexibility index (Phi) is 3.46. The molecule has 0 heterocycles. The van der Waals surface area contributed by atoms with E-state index in [0.717, 1.165) is 17.7 Å². The molecule has 0 aliphatic heterocycles. The van der Waals surface area contributed by atoms with Crippen molar-refractivity contribution in [2.75, 3.05) is 11.1 Å². The third-order valence-electron chi connectivity index (χ3n) is 2.72. The van der Waals surface area contributed by atoms with E-state index in [9.17, 15) is 8.78 Å². The summed E-state index contributed by atoms with van der Waals surface area (Å²) in [6.45, 7) is 1.84. The Morgan fingerprint density at radius 2 is 1.61 bits per heavy atom. The largest absolute Gasteiger partial charge is 0.399 e. The van der Waals surface area contributed by atoms with Crippen LogP contribution in [0.3, 0.4) is 0 Å². The molecule has 4 heteroatoms. The SMILES string of the molecule is CC(Nc1c(F)cc(N)cc1F)c1ccccc1. The Labute approximate surface area is 104 Å². The molecule has 2 nitrogen and oxygen atoms in total. The lowest BCUT2D eigenvalue weighted by molar-refractivity contribution is 0.585. The Morgan fingerprint density at radius 3 is 2.17 bits per heavy atom. The van der Waals surface area contributed by atoms with Crippen molar-refractivity contribution in [3.63, 3.8) is 0 Å². The monoisotopic (exact) mass is 248 g/mol. The maximum Gasteiger partial charge on any atom is 0.151 e. The number of nitrogens with one attached hydrogen (secondary N) is 1. The molecule has 3 N–H and O–H groups in total. The predicted molar refractivity (Wildman–Crippen MR) is 69.3 cm³/mol. The average Bonchev–Trinajstić information content (AvgIpc) is 2.34. The van der Waals surface area contributed by atoms with Crippen LogP contribution in [0.25, 0.3) is 0 Å². The molecule has 0 aliphatic carbocycles. The standard InChI is InChI=1S/C14H14F2N2/c1-9(10-5-3-2-4-6-10)18-14-12(15)7-11(17)8-13(14)16/h2-9,18H,17H2,1H3. The van der Waals surface area contributed by atoms with E-state index < -0.39 is 11.6 Å². The fourth-order valence-electron chi connectivity index (χ4n) is 1.77. The van der Waals surface area contributed by atoms with E-state index in [2.05, 4.69) is 5.32 Å². The molecule has 0 saturated carbocycles. The van der Waals surface area contributed by atoms with Crippen LogP contribution in [0, 0.1) is 11.6 Å². The van der Waals surface area contributed by atoms with Gasteiger partial charge in [-0.3, -0.25) is 0 Å². The van der Waals surface area contributed by atoms with Crippen molar-refractivity contribution in [3.05, 3.63) is 59.7 Å². The van der Waals surface area contributed by atoms with E-state index in [-0.39, 0.29) is 17.4 Å². The van der Waals surface area contributed by atoms with Crippen molar-refractivity contribution < 1.29 is 8.78 Å². The molecule has 0 bridgehead atoms. The van der Waals surface area contributed by atoms with Gasteiger partial charge in [0.2, 0.25) is 0 Å². The molecule has 2 rings (SSSR count). The van der Waals surface area contributed by atoms with Gasteiger partial charge in [0, 0.05) is 11.7 Å². The van der Waals surface area contributed by atoms with Gasteiger partial charge in [0.15, 0.2) is 11.6 Å². The van der Waals surface area contributed by atoms with E-state index in [0.29, 0.717) is 0 Å². The van der Waals surface area contributed by atoms with Crippen molar-refractivity contribution >= 4 is 11.4 Å².